The number of hydrogen-bond donors (Lipinski definition) is 2. The minimum atomic E-state index is 0.260. The van der Waals surface area contributed by atoms with Gasteiger partial charge in [0.1, 0.15) is 5.82 Å². The number of anilines is 2. The topological polar surface area (TPSA) is 76.7 Å². The zero-order chi connectivity index (χ0) is 13.4. The SMILES string of the molecule is Cc1ccc2c(c1)[C@H](Nc1nc(C)nc(N)n1)CC2. The van der Waals surface area contributed by atoms with E-state index in [9.17, 15) is 0 Å². The number of aromatic nitrogens is 3. The van der Waals surface area contributed by atoms with Gasteiger partial charge in [-0.3, -0.25) is 0 Å². The lowest BCUT2D eigenvalue weighted by molar-refractivity contribution is 0.747. The average Bonchev–Trinajstić information content (AvgIpc) is 2.70. The van der Waals surface area contributed by atoms with E-state index in [4.69, 9.17) is 5.73 Å². The van der Waals surface area contributed by atoms with Crippen molar-refractivity contribution in [3.8, 4) is 0 Å². The van der Waals surface area contributed by atoms with Crippen LogP contribution >= 0.6 is 0 Å². The van der Waals surface area contributed by atoms with E-state index in [2.05, 4.69) is 45.4 Å². The Labute approximate surface area is 112 Å². The van der Waals surface area contributed by atoms with Crippen LogP contribution in [0.5, 0.6) is 0 Å². The first-order chi connectivity index (χ1) is 9.11. The third-order valence-corrected chi connectivity index (χ3v) is 3.45. The predicted octanol–water partition coefficient (Wildman–Crippen LogP) is 2.17. The minimum absolute atomic E-state index is 0.260. The maximum absolute atomic E-state index is 5.65. The van der Waals surface area contributed by atoms with E-state index in [0.717, 1.165) is 12.8 Å². The van der Waals surface area contributed by atoms with Gasteiger partial charge >= 0.3 is 0 Å². The van der Waals surface area contributed by atoms with E-state index >= 15 is 0 Å². The van der Waals surface area contributed by atoms with Gasteiger partial charge in [0.05, 0.1) is 6.04 Å². The molecule has 1 atom stereocenters. The molecule has 0 radical (unpaired) electrons. The molecule has 0 saturated heterocycles. The van der Waals surface area contributed by atoms with Crippen LogP contribution in [0, 0.1) is 13.8 Å². The molecule has 2 aromatic rings. The summed E-state index contributed by atoms with van der Waals surface area (Å²) >= 11 is 0. The van der Waals surface area contributed by atoms with E-state index in [1.165, 1.54) is 16.7 Å². The fourth-order valence-electron chi connectivity index (χ4n) is 2.59. The van der Waals surface area contributed by atoms with Crippen molar-refractivity contribution in [2.75, 3.05) is 11.1 Å². The van der Waals surface area contributed by atoms with Gasteiger partial charge in [0, 0.05) is 0 Å². The number of nitrogens with zero attached hydrogens (tertiary/aromatic N) is 3. The van der Waals surface area contributed by atoms with Crippen molar-refractivity contribution >= 4 is 11.9 Å². The Morgan fingerprint density at radius 2 is 2.05 bits per heavy atom. The molecule has 1 aliphatic rings. The molecule has 3 N–H and O–H groups in total. The van der Waals surface area contributed by atoms with Gasteiger partial charge in [-0.25, -0.2) is 0 Å². The van der Waals surface area contributed by atoms with E-state index in [-0.39, 0.29) is 12.0 Å². The first-order valence-corrected chi connectivity index (χ1v) is 6.46. The largest absolute Gasteiger partial charge is 0.368 e. The molecule has 0 amide bonds. The van der Waals surface area contributed by atoms with Crippen molar-refractivity contribution in [1.82, 2.24) is 15.0 Å². The number of nitrogens with one attached hydrogen (secondary N) is 1. The highest BCUT2D eigenvalue weighted by Crippen LogP contribution is 2.33. The molecule has 0 fully saturated rings. The molecule has 1 heterocycles. The van der Waals surface area contributed by atoms with Crippen LogP contribution in [0.1, 0.15) is 35.0 Å². The molecule has 19 heavy (non-hydrogen) atoms. The monoisotopic (exact) mass is 255 g/mol. The number of benzene rings is 1. The van der Waals surface area contributed by atoms with Crippen molar-refractivity contribution in [1.29, 1.82) is 0 Å². The van der Waals surface area contributed by atoms with Crippen LogP contribution < -0.4 is 11.1 Å². The summed E-state index contributed by atoms with van der Waals surface area (Å²) in [4.78, 5) is 12.4. The Morgan fingerprint density at radius 3 is 2.84 bits per heavy atom. The summed E-state index contributed by atoms with van der Waals surface area (Å²) in [5.74, 6) is 1.46. The Hall–Kier alpha value is -2.17. The van der Waals surface area contributed by atoms with Crippen molar-refractivity contribution in [3.63, 3.8) is 0 Å². The molecule has 0 unspecified atom stereocenters. The molecule has 5 nitrogen and oxygen atoms in total. The van der Waals surface area contributed by atoms with Crippen LogP contribution in [0.2, 0.25) is 0 Å². The zero-order valence-corrected chi connectivity index (χ0v) is 11.1. The van der Waals surface area contributed by atoms with E-state index in [0.29, 0.717) is 11.8 Å². The quantitative estimate of drug-likeness (QED) is 0.860. The summed E-state index contributed by atoms with van der Waals surface area (Å²) in [5.41, 5.74) is 9.68. The minimum Gasteiger partial charge on any atom is -0.368 e. The third-order valence-electron chi connectivity index (χ3n) is 3.45. The Bertz CT molecular complexity index is 603. The Kier molecular flexibility index (Phi) is 2.81. The molecule has 1 aromatic carbocycles. The Balaban J connectivity index is 1.88. The second kappa shape index (κ2) is 4.50. The lowest BCUT2D eigenvalue weighted by atomic mass is 10.1. The highest BCUT2D eigenvalue weighted by molar-refractivity contribution is 5.43. The van der Waals surface area contributed by atoms with Crippen LogP contribution in [0.3, 0.4) is 0 Å². The maximum Gasteiger partial charge on any atom is 0.228 e. The van der Waals surface area contributed by atoms with Gasteiger partial charge in [0.15, 0.2) is 0 Å². The molecule has 98 valence electrons. The summed E-state index contributed by atoms with van der Waals surface area (Å²) in [6, 6.07) is 6.86. The number of fused-ring (bicyclic) bond motifs is 1. The van der Waals surface area contributed by atoms with Crippen LogP contribution in [-0.4, -0.2) is 15.0 Å². The molecule has 1 aliphatic carbocycles. The van der Waals surface area contributed by atoms with Crippen LogP contribution in [0.25, 0.3) is 0 Å². The number of rotatable bonds is 2. The molecule has 0 saturated carbocycles. The molecular weight excluding hydrogens is 238 g/mol. The third kappa shape index (κ3) is 2.36. The molecule has 1 aromatic heterocycles. The first-order valence-electron chi connectivity index (χ1n) is 6.46. The summed E-state index contributed by atoms with van der Waals surface area (Å²) in [7, 11) is 0. The normalized spacial score (nSPS) is 17.3. The van der Waals surface area contributed by atoms with E-state index < -0.39 is 0 Å². The van der Waals surface area contributed by atoms with E-state index in [1.807, 2.05) is 6.92 Å². The number of aryl methyl sites for hydroxylation is 3. The van der Waals surface area contributed by atoms with Crippen LogP contribution in [0.15, 0.2) is 18.2 Å². The molecule has 3 rings (SSSR count). The number of nitrogen functional groups attached to an aromatic ring is 1. The van der Waals surface area contributed by atoms with Crippen molar-refractivity contribution in [2.45, 2.75) is 32.7 Å². The summed E-state index contributed by atoms with van der Waals surface area (Å²) < 4.78 is 0. The van der Waals surface area contributed by atoms with Crippen LogP contribution in [-0.2, 0) is 6.42 Å². The Morgan fingerprint density at radius 1 is 1.21 bits per heavy atom. The maximum atomic E-state index is 5.65. The molecule has 5 heteroatoms. The second-order valence-corrected chi connectivity index (χ2v) is 5.00. The van der Waals surface area contributed by atoms with Gasteiger partial charge in [0.2, 0.25) is 11.9 Å². The van der Waals surface area contributed by atoms with Gasteiger partial charge in [0.25, 0.3) is 0 Å². The predicted molar refractivity (Wildman–Crippen MR) is 74.8 cm³/mol. The summed E-state index contributed by atoms with van der Waals surface area (Å²) in [6.07, 6.45) is 2.15. The average molecular weight is 255 g/mol. The highest BCUT2D eigenvalue weighted by Gasteiger charge is 2.23. The van der Waals surface area contributed by atoms with Gasteiger partial charge < -0.3 is 11.1 Å². The molecule has 0 spiro atoms. The fraction of sp³-hybridized carbons (Fsp3) is 0.357. The lowest BCUT2D eigenvalue weighted by Crippen LogP contribution is -2.12. The number of nitrogens with two attached hydrogens (primary N) is 1. The lowest BCUT2D eigenvalue weighted by Gasteiger charge is -2.14. The summed E-state index contributed by atoms with van der Waals surface area (Å²) in [5, 5.41) is 3.36. The van der Waals surface area contributed by atoms with Gasteiger partial charge in [-0.2, -0.15) is 15.0 Å². The van der Waals surface area contributed by atoms with Gasteiger partial charge in [-0.05, 0) is 37.8 Å². The van der Waals surface area contributed by atoms with Crippen LogP contribution in [0.4, 0.5) is 11.9 Å². The molecule has 0 bridgehead atoms. The molecular formula is C14H17N5. The van der Waals surface area contributed by atoms with Crippen molar-refractivity contribution in [3.05, 3.63) is 40.7 Å². The van der Waals surface area contributed by atoms with Crippen molar-refractivity contribution in [2.24, 2.45) is 0 Å². The number of hydrogen-bond acceptors (Lipinski definition) is 5. The summed E-state index contributed by atoms with van der Waals surface area (Å²) in [6.45, 7) is 3.93. The standard InChI is InChI=1S/C14H17N5/c1-8-3-4-10-5-6-12(11(10)7-8)18-14-17-9(2)16-13(15)19-14/h3-4,7,12H,5-6H2,1-2H3,(H3,15,16,17,18,19)/t12-/m1/s1. The second-order valence-electron chi connectivity index (χ2n) is 5.00. The smallest absolute Gasteiger partial charge is 0.228 e. The fourth-order valence-corrected chi connectivity index (χ4v) is 2.59. The zero-order valence-electron chi connectivity index (χ0n) is 11.1. The first kappa shape index (κ1) is 11.9. The molecule has 0 aliphatic heterocycles. The van der Waals surface area contributed by atoms with Crippen molar-refractivity contribution < 1.29 is 0 Å². The van der Waals surface area contributed by atoms with Gasteiger partial charge in [-0.1, -0.05) is 23.8 Å². The van der Waals surface area contributed by atoms with Gasteiger partial charge in [-0.15, -0.1) is 0 Å². The van der Waals surface area contributed by atoms with E-state index in [1.54, 1.807) is 0 Å². The highest BCUT2D eigenvalue weighted by atomic mass is 15.2.